The summed E-state index contributed by atoms with van der Waals surface area (Å²) in [5, 5.41) is 9.32. The SMILES string of the molecule is CC(C)N(CCN1CCCCCC1)Cc1ncccc1C(=O)O. The van der Waals surface area contributed by atoms with Gasteiger partial charge >= 0.3 is 5.97 Å². The lowest BCUT2D eigenvalue weighted by Crippen LogP contribution is -2.39. The van der Waals surface area contributed by atoms with Gasteiger partial charge in [0.05, 0.1) is 11.3 Å². The smallest absolute Gasteiger partial charge is 0.337 e. The highest BCUT2D eigenvalue weighted by Gasteiger charge is 2.18. The van der Waals surface area contributed by atoms with E-state index in [1.54, 1.807) is 18.3 Å². The van der Waals surface area contributed by atoms with Crippen LogP contribution in [0.15, 0.2) is 18.3 Å². The van der Waals surface area contributed by atoms with Gasteiger partial charge in [0.1, 0.15) is 0 Å². The number of hydrogen-bond acceptors (Lipinski definition) is 4. The van der Waals surface area contributed by atoms with Crippen LogP contribution in [0.4, 0.5) is 0 Å². The monoisotopic (exact) mass is 319 g/mol. The van der Waals surface area contributed by atoms with Crippen LogP contribution in [0.2, 0.25) is 0 Å². The lowest BCUT2D eigenvalue weighted by atomic mass is 10.1. The quantitative estimate of drug-likeness (QED) is 0.837. The van der Waals surface area contributed by atoms with E-state index in [1.807, 2.05) is 0 Å². The zero-order chi connectivity index (χ0) is 16.7. The van der Waals surface area contributed by atoms with Crippen molar-refractivity contribution in [3.05, 3.63) is 29.6 Å². The largest absolute Gasteiger partial charge is 0.478 e. The van der Waals surface area contributed by atoms with Gasteiger partial charge in [-0.2, -0.15) is 0 Å². The summed E-state index contributed by atoms with van der Waals surface area (Å²) in [6.07, 6.45) is 6.96. The molecule has 0 spiro atoms. The van der Waals surface area contributed by atoms with Gasteiger partial charge in [-0.15, -0.1) is 0 Å². The molecule has 1 aromatic heterocycles. The number of aromatic carboxylic acids is 1. The summed E-state index contributed by atoms with van der Waals surface area (Å²) in [6.45, 7) is 9.29. The van der Waals surface area contributed by atoms with E-state index >= 15 is 0 Å². The Bertz CT molecular complexity index is 497. The third kappa shape index (κ3) is 5.59. The van der Waals surface area contributed by atoms with Crippen LogP contribution in [-0.2, 0) is 6.54 Å². The molecule has 5 heteroatoms. The van der Waals surface area contributed by atoms with Crippen molar-refractivity contribution in [2.75, 3.05) is 26.2 Å². The number of pyridine rings is 1. The second-order valence-corrected chi connectivity index (χ2v) is 6.62. The third-order valence-electron chi connectivity index (χ3n) is 4.61. The summed E-state index contributed by atoms with van der Waals surface area (Å²) in [4.78, 5) is 20.5. The molecule has 0 amide bonds. The highest BCUT2D eigenvalue weighted by Crippen LogP contribution is 2.13. The predicted octanol–water partition coefficient (Wildman–Crippen LogP) is 2.87. The van der Waals surface area contributed by atoms with Gasteiger partial charge in [0.25, 0.3) is 0 Å². The molecule has 1 saturated heterocycles. The number of likely N-dealkylation sites (tertiary alicyclic amines) is 1. The number of carbonyl (C=O) groups is 1. The minimum Gasteiger partial charge on any atom is -0.478 e. The normalized spacial score (nSPS) is 16.7. The maximum absolute atomic E-state index is 11.3. The molecule has 0 radical (unpaired) electrons. The molecule has 23 heavy (non-hydrogen) atoms. The van der Waals surface area contributed by atoms with E-state index in [9.17, 15) is 9.90 Å². The minimum atomic E-state index is -0.899. The fraction of sp³-hybridized carbons (Fsp3) is 0.667. The van der Waals surface area contributed by atoms with Gasteiger partial charge in [-0.25, -0.2) is 4.79 Å². The van der Waals surface area contributed by atoms with Gasteiger partial charge in [0.15, 0.2) is 0 Å². The molecule has 1 aliphatic rings. The summed E-state index contributed by atoms with van der Waals surface area (Å²) < 4.78 is 0. The first-order valence-corrected chi connectivity index (χ1v) is 8.71. The first kappa shape index (κ1) is 17.9. The summed E-state index contributed by atoms with van der Waals surface area (Å²) in [6, 6.07) is 3.69. The van der Waals surface area contributed by atoms with Crippen molar-refractivity contribution in [1.82, 2.24) is 14.8 Å². The van der Waals surface area contributed by atoms with E-state index in [-0.39, 0.29) is 0 Å². The maximum Gasteiger partial charge on any atom is 0.337 e. The van der Waals surface area contributed by atoms with Crippen molar-refractivity contribution in [3.8, 4) is 0 Å². The molecule has 0 aromatic carbocycles. The molecule has 128 valence electrons. The minimum absolute atomic E-state index is 0.313. The molecule has 1 aliphatic heterocycles. The number of aromatic nitrogens is 1. The van der Waals surface area contributed by atoms with Gasteiger partial charge < -0.3 is 10.0 Å². The zero-order valence-electron chi connectivity index (χ0n) is 14.4. The Morgan fingerprint density at radius 1 is 1.30 bits per heavy atom. The van der Waals surface area contributed by atoms with Crippen LogP contribution in [-0.4, -0.2) is 58.1 Å². The van der Waals surface area contributed by atoms with Crippen molar-refractivity contribution in [2.45, 2.75) is 52.1 Å². The Morgan fingerprint density at radius 2 is 2.00 bits per heavy atom. The van der Waals surface area contributed by atoms with Crippen molar-refractivity contribution >= 4 is 5.97 Å². The molecule has 0 unspecified atom stereocenters. The summed E-state index contributed by atoms with van der Waals surface area (Å²) >= 11 is 0. The van der Waals surface area contributed by atoms with Crippen LogP contribution >= 0.6 is 0 Å². The Morgan fingerprint density at radius 3 is 2.61 bits per heavy atom. The van der Waals surface area contributed by atoms with Gasteiger partial charge in [0.2, 0.25) is 0 Å². The van der Waals surface area contributed by atoms with Gasteiger partial charge in [-0.1, -0.05) is 12.8 Å². The zero-order valence-corrected chi connectivity index (χ0v) is 14.4. The fourth-order valence-corrected chi connectivity index (χ4v) is 3.10. The molecule has 2 heterocycles. The van der Waals surface area contributed by atoms with Gasteiger partial charge in [0, 0.05) is 31.9 Å². The lowest BCUT2D eigenvalue weighted by molar-refractivity contribution is 0.0692. The van der Waals surface area contributed by atoms with Crippen molar-refractivity contribution < 1.29 is 9.90 Å². The van der Waals surface area contributed by atoms with E-state index in [4.69, 9.17) is 0 Å². The van der Waals surface area contributed by atoms with E-state index in [0.717, 1.165) is 13.1 Å². The first-order chi connectivity index (χ1) is 11.1. The molecule has 5 nitrogen and oxygen atoms in total. The van der Waals surface area contributed by atoms with Gasteiger partial charge in [-0.3, -0.25) is 9.88 Å². The van der Waals surface area contributed by atoms with Crippen molar-refractivity contribution in [3.63, 3.8) is 0 Å². The molecular formula is C18H29N3O2. The molecule has 1 N–H and O–H groups in total. The number of carboxylic acid groups (broad SMARTS) is 1. The Balaban J connectivity index is 1.97. The van der Waals surface area contributed by atoms with Crippen LogP contribution in [0.5, 0.6) is 0 Å². The Labute approximate surface area is 139 Å². The highest BCUT2D eigenvalue weighted by atomic mass is 16.4. The van der Waals surface area contributed by atoms with E-state index in [2.05, 4.69) is 28.6 Å². The molecule has 0 atom stereocenters. The van der Waals surface area contributed by atoms with Crippen LogP contribution in [0.1, 0.15) is 55.6 Å². The van der Waals surface area contributed by atoms with Crippen LogP contribution in [0, 0.1) is 0 Å². The summed E-state index contributed by atoms with van der Waals surface area (Å²) in [5.41, 5.74) is 0.970. The standard InChI is InChI=1S/C18H29N3O2/c1-15(2)21(13-12-20-10-5-3-4-6-11-20)14-17-16(18(22)23)8-7-9-19-17/h7-9,15H,3-6,10-14H2,1-2H3,(H,22,23). The topological polar surface area (TPSA) is 56.7 Å². The van der Waals surface area contributed by atoms with Crippen molar-refractivity contribution in [2.24, 2.45) is 0 Å². The second-order valence-electron chi connectivity index (χ2n) is 6.62. The number of carboxylic acids is 1. The summed E-state index contributed by atoms with van der Waals surface area (Å²) in [5.74, 6) is -0.899. The molecule has 1 fully saturated rings. The number of nitrogens with zero attached hydrogens (tertiary/aromatic N) is 3. The predicted molar refractivity (Wildman–Crippen MR) is 91.7 cm³/mol. The Hall–Kier alpha value is -1.46. The van der Waals surface area contributed by atoms with Crippen LogP contribution in [0.3, 0.4) is 0 Å². The van der Waals surface area contributed by atoms with E-state index in [0.29, 0.717) is 23.8 Å². The summed E-state index contributed by atoms with van der Waals surface area (Å²) in [7, 11) is 0. The highest BCUT2D eigenvalue weighted by molar-refractivity contribution is 5.88. The first-order valence-electron chi connectivity index (χ1n) is 8.71. The van der Waals surface area contributed by atoms with Crippen LogP contribution in [0.25, 0.3) is 0 Å². The van der Waals surface area contributed by atoms with Crippen molar-refractivity contribution in [1.29, 1.82) is 0 Å². The average Bonchev–Trinajstić information content (AvgIpc) is 2.80. The molecule has 1 aromatic rings. The second kappa shape index (κ2) is 8.99. The third-order valence-corrected chi connectivity index (χ3v) is 4.61. The molecule has 2 rings (SSSR count). The molecule has 0 saturated carbocycles. The van der Waals surface area contributed by atoms with Crippen LogP contribution < -0.4 is 0 Å². The Kier molecular flexibility index (Phi) is 6.99. The maximum atomic E-state index is 11.3. The molecular weight excluding hydrogens is 290 g/mol. The van der Waals surface area contributed by atoms with E-state index < -0.39 is 5.97 Å². The van der Waals surface area contributed by atoms with Gasteiger partial charge in [-0.05, 0) is 51.9 Å². The molecule has 0 aliphatic carbocycles. The average molecular weight is 319 g/mol. The molecule has 0 bridgehead atoms. The van der Waals surface area contributed by atoms with E-state index in [1.165, 1.54) is 38.8 Å². The number of rotatable bonds is 7. The lowest BCUT2D eigenvalue weighted by Gasteiger charge is -2.29. The number of hydrogen-bond donors (Lipinski definition) is 1. The fourth-order valence-electron chi connectivity index (χ4n) is 3.10.